The topological polar surface area (TPSA) is 50.2 Å². The first-order valence-electron chi connectivity index (χ1n) is 8.08. The van der Waals surface area contributed by atoms with Gasteiger partial charge in [-0.15, -0.1) is 0 Å². The Labute approximate surface area is 143 Å². The Morgan fingerprint density at radius 2 is 2.26 bits per heavy atom. The highest BCUT2D eigenvalue weighted by Crippen LogP contribution is 2.31. The van der Waals surface area contributed by atoms with Crippen molar-refractivity contribution >= 4 is 27.5 Å². The first-order chi connectivity index (χ1) is 11.2. The molecule has 5 nitrogen and oxygen atoms in total. The van der Waals surface area contributed by atoms with Gasteiger partial charge in [0.15, 0.2) is 5.69 Å². The SMILES string of the molecule is O=C(c1ccn(C2CCCNC2)n1)N1CCc2ccc(Br)cc21. The second kappa shape index (κ2) is 6.09. The fraction of sp³-hybridized carbons (Fsp3) is 0.412. The van der Waals surface area contributed by atoms with Crippen LogP contribution >= 0.6 is 15.9 Å². The van der Waals surface area contributed by atoms with Gasteiger partial charge >= 0.3 is 0 Å². The third-order valence-electron chi connectivity index (χ3n) is 4.66. The highest BCUT2D eigenvalue weighted by atomic mass is 79.9. The molecule has 0 radical (unpaired) electrons. The molecule has 23 heavy (non-hydrogen) atoms. The van der Waals surface area contributed by atoms with Gasteiger partial charge in [-0.3, -0.25) is 9.48 Å². The molecule has 2 aliphatic heterocycles. The first-order valence-corrected chi connectivity index (χ1v) is 8.88. The molecule has 6 heteroatoms. The standard InChI is InChI=1S/C17H19BrN4O/c18-13-4-3-12-5-8-21(16(12)10-13)17(23)15-6-9-22(20-15)14-2-1-7-19-11-14/h3-4,6,9-10,14,19H,1-2,5,7-8,11H2. The van der Waals surface area contributed by atoms with Crippen molar-refractivity contribution in [2.24, 2.45) is 0 Å². The summed E-state index contributed by atoms with van der Waals surface area (Å²) in [6, 6.07) is 8.32. The molecule has 1 N–H and O–H groups in total. The molecule has 120 valence electrons. The minimum Gasteiger partial charge on any atom is -0.315 e. The molecule has 1 unspecified atom stereocenters. The lowest BCUT2D eigenvalue weighted by molar-refractivity contribution is 0.0983. The van der Waals surface area contributed by atoms with Gasteiger partial charge in [-0.25, -0.2) is 0 Å². The average molecular weight is 375 g/mol. The van der Waals surface area contributed by atoms with Crippen molar-refractivity contribution in [1.29, 1.82) is 0 Å². The molecule has 0 aliphatic carbocycles. The van der Waals surface area contributed by atoms with E-state index >= 15 is 0 Å². The number of aromatic nitrogens is 2. The van der Waals surface area contributed by atoms with Gasteiger partial charge in [0.05, 0.1) is 6.04 Å². The van der Waals surface area contributed by atoms with Gasteiger partial charge < -0.3 is 10.2 Å². The molecular weight excluding hydrogens is 356 g/mol. The third kappa shape index (κ3) is 2.81. The van der Waals surface area contributed by atoms with Crippen LogP contribution in [0.4, 0.5) is 5.69 Å². The zero-order valence-electron chi connectivity index (χ0n) is 12.8. The molecule has 1 fully saturated rings. The summed E-state index contributed by atoms with van der Waals surface area (Å²) in [5, 5.41) is 7.93. The van der Waals surface area contributed by atoms with E-state index in [0.717, 1.165) is 49.1 Å². The number of amides is 1. The van der Waals surface area contributed by atoms with Crippen molar-refractivity contribution in [3.8, 4) is 0 Å². The Kier molecular flexibility index (Phi) is 3.95. The normalized spacial score (nSPS) is 20.6. The Bertz CT molecular complexity index is 736. The number of fused-ring (bicyclic) bond motifs is 1. The average Bonchev–Trinajstić information content (AvgIpc) is 3.22. The number of rotatable bonds is 2. The molecular formula is C17H19BrN4O. The summed E-state index contributed by atoms with van der Waals surface area (Å²) in [6.07, 6.45) is 5.10. The van der Waals surface area contributed by atoms with Crippen LogP contribution < -0.4 is 10.2 Å². The monoisotopic (exact) mass is 374 g/mol. The molecule has 3 heterocycles. The van der Waals surface area contributed by atoms with Crippen LogP contribution in [0.2, 0.25) is 0 Å². The predicted molar refractivity (Wildman–Crippen MR) is 92.9 cm³/mol. The summed E-state index contributed by atoms with van der Waals surface area (Å²) in [7, 11) is 0. The number of hydrogen-bond acceptors (Lipinski definition) is 3. The highest BCUT2D eigenvalue weighted by Gasteiger charge is 2.27. The first kappa shape index (κ1) is 14.9. The maximum absolute atomic E-state index is 12.8. The van der Waals surface area contributed by atoms with Crippen molar-refractivity contribution in [3.63, 3.8) is 0 Å². The number of nitrogens with zero attached hydrogens (tertiary/aromatic N) is 3. The molecule has 0 spiro atoms. The van der Waals surface area contributed by atoms with Crippen LogP contribution in [-0.4, -0.2) is 35.3 Å². The lowest BCUT2D eigenvalue weighted by Gasteiger charge is -2.23. The van der Waals surface area contributed by atoms with E-state index in [4.69, 9.17) is 0 Å². The summed E-state index contributed by atoms with van der Waals surface area (Å²) in [6.45, 7) is 2.72. The molecule has 1 aromatic heterocycles. The van der Waals surface area contributed by atoms with Gasteiger partial charge in [-0.1, -0.05) is 22.0 Å². The van der Waals surface area contributed by atoms with Crippen LogP contribution in [0.15, 0.2) is 34.9 Å². The summed E-state index contributed by atoms with van der Waals surface area (Å²) < 4.78 is 2.94. The highest BCUT2D eigenvalue weighted by molar-refractivity contribution is 9.10. The zero-order valence-corrected chi connectivity index (χ0v) is 14.4. The Hall–Kier alpha value is -1.66. The van der Waals surface area contributed by atoms with E-state index in [1.165, 1.54) is 5.56 Å². The van der Waals surface area contributed by atoms with Crippen LogP contribution in [0.3, 0.4) is 0 Å². The van der Waals surface area contributed by atoms with Crippen molar-refractivity contribution in [2.75, 3.05) is 24.5 Å². The lowest BCUT2D eigenvalue weighted by atomic mass is 10.1. The van der Waals surface area contributed by atoms with E-state index in [0.29, 0.717) is 11.7 Å². The summed E-state index contributed by atoms with van der Waals surface area (Å²) in [5.74, 6) is -0.00984. The quantitative estimate of drug-likeness (QED) is 0.878. The Balaban J connectivity index is 1.56. The van der Waals surface area contributed by atoms with Gasteiger partial charge in [0.2, 0.25) is 0 Å². The van der Waals surface area contributed by atoms with E-state index in [1.807, 2.05) is 34.0 Å². The number of hydrogen-bond donors (Lipinski definition) is 1. The maximum Gasteiger partial charge on any atom is 0.278 e. The fourth-order valence-corrected chi connectivity index (χ4v) is 3.77. The number of carbonyl (C=O) groups is 1. The molecule has 0 saturated carbocycles. The van der Waals surface area contributed by atoms with Gasteiger partial charge in [-0.05, 0) is 49.6 Å². The van der Waals surface area contributed by atoms with Gasteiger partial charge in [0.1, 0.15) is 0 Å². The number of nitrogens with one attached hydrogen (secondary N) is 1. The maximum atomic E-state index is 12.8. The van der Waals surface area contributed by atoms with E-state index in [9.17, 15) is 4.79 Å². The van der Waals surface area contributed by atoms with Gasteiger partial charge in [0.25, 0.3) is 5.91 Å². The van der Waals surface area contributed by atoms with Crippen molar-refractivity contribution in [1.82, 2.24) is 15.1 Å². The van der Waals surface area contributed by atoms with E-state index in [-0.39, 0.29) is 5.91 Å². The predicted octanol–water partition coefficient (Wildman–Crippen LogP) is 2.77. The van der Waals surface area contributed by atoms with E-state index < -0.39 is 0 Å². The number of anilines is 1. The van der Waals surface area contributed by atoms with Crippen molar-refractivity contribution in [2.45, 2.75) is 25.3 Å². The minimum absolute atomic E-state index is 0.00984. The largest absolute Gasteiger partial charge is 0.315 e. The molecule has 2 aromatic rings. The second-order valence-corrected chi connectivity index (χ2v) is 7.08. The molecule has 1 amide bonds. The van der Waals surface area contributed by atoms with Crippen LogP contribution in [0.25, 0.3) is 0 Å². The molecule has 1 aromatic carbocycles. The van der Waals surface area contributed by atoms with Crippen LogP contribution in [0.5, 0.6) is 0 Å². The number of carbonyl (C=O) groups excluding carboxylic acids is 1. The molecule has 1 atom stereocenters. The van der Waals surface area contributed by atoms with Crippen LogP contribution in [-0.2, 0) is 6.42 Å². The third-order valence-corrected chi connectivity index (χ3v) is 5.15. The van der Waals surface area contributed by atoms with Crippen LogP contribution in [0, 0.1) is 0 Å². The number of piperidine rings is 1. The molecule has 4 rings (SSSR count). The zero-order chi connectivity index (χ0) is 15.8. The molecule has 2 aliphatic rings. The molecule has 1 saturated heterocycles. The Morgan fingerprint density at radius 3 is 3.09 bits per heavy atom. The van der Waals surface area contributed by atoms with E-state index in [1.54, 1.807) is 0 Å². The van der Waals surface area contributed by atoms with Crippen LogP contribution in [0.1, 0.15) is 34.9 Å². The van der Waals surface area contributed by atoms with Gasteiger partial charge in [0, 0.05) is 29.4 Å². The lowest BCUT2D eigenvalue weighted by Crippen LogP contribution is -2.32. The summed E-state index contributed by atoms with van der Waals surface area (Å²) in [5.41, 5.74) is 2.75. The summed E-state index contributed by atoms with van der Waals surface area (Å²) in [4.78, 5) is 14.7. The van der Waals surface area contributed by atoms with Crippen molar-refractivity contribution < 1.29 is 4.79 Å². The summed E-state index contributed by atoms with van der Waals surface area (Å²) >= 11 is 3.49. The van der Waals surface area contributed by atoms with E-state index in [2.05, 4.69) is 32.4 Å². The van der Waals surface area contributed by atoms with Gasteiger partial charge in [-0.2, -0.15) is 5.10 Å². The Morgan fingerprint density at radius 1 is 1.35 bits per heavy atom. The smallest absolute Gasteiger partial charge is 0.278 e. The second-order valence-electron chi connectivity index (χ2n) is 6.16. The number of benzene rings is 1. The fourth-order valence-electron chi connectivity index (χ4n) is 3.42. The number of halogens is 1. The minimum atomic E-state index is -0.00984. The molecule has 0 bridgehead atoms. The van der Waals surface area contributed by atoms with Crippen molar-refractivity contribution in [3.05, 3.63) is 46.2 Å².